The molecule has 1 N–H and O–H groups in total. The van der Waals surface area contributed by atoms with Gasteiger partial charge in [-0.25, -0.2) is 9.59 Å². The zero-order chi connectivity index (χ0) is 18.9. The molecule has 0 aromatic heterocycles. The molecule has 7 nitrogen and oxygen atoms in total. The lowest BCUT2D eigenvalue weighted by Crippen LogP contribution is -2.39. The molecule has 0 radical (unpaired) electrons. The summed E-state index contributed by atoms with van der Waals surface area (Å²) in [6.07, 6.45) is 2.02. The minimum Gasteiger partial charge on any atom is -0.465 e. The van der Waals surface area contributed by atoms with E-state index in [-0.39, 0.29) is 17.3 Å². The Morgan fingerprint density at radius 2 is 1.92 bits per heavy atom. The fourth-order valence-electron chi connectivity index (χ4n) is 3.04. The fourth-order valence-corrected chi connectivity index (χ4v) is 3.04. The zero-order valence-electron chi connectivity index (χ0n) is 15.0. The van der Waals surface area contributed by atoms with Crippen LogP contribution in [0.5, 0.6) is 0 Å². The largest absolute Gasteiger partial charge is 0.465 e. The van der Waals surface area contributed by atoms with Crippen molar-refractivity contribution in [1.82, 2.24) is 10.2 Å². The molecular weight excluding hydrogens is 334 g/mol. The number of ether oxygens (including phenoxy) is 2. The van der Waals surface area contributed by atoms with Gasteiger partial charge >= 0.3 is 11.9 Å². The van der Waals surface area contributed by atoms with E-state index in [1.807, 2.05) is 18.2 Å². The lowest BCUT2D eigenvalue weighted by atomic mass is 10.1. The van der Waals surface area contributed by atoms with Gasteiger partial charge in [0.1, 0.15) is 11.8 Å². The van der Waals surface area contributed by atoms with E-state index >= 15 is 0 Å². The maximum Gasteiger partial charge on any atom is 0.355 e. The first-order valence-electron chi connectivity index (χ1n) is 8.43. The Bertz CT molecular complexity index is 709. The van der Waals surface area contributed by atoms with Crippen LogP contribution in [-0.4, -0.2) is 50.2 Å². The van der Waals surface area contributed by atoms with E-state index in [4.69, 9.17) is 4.74 Å². The first kappa shape index (κ1) is 19.5. The van der Waals surface area contributed by atoms with Gasteiger partial charge < -0.3 is 14.8 Å². The number of nitrogens with one attached hydrogen (secondary N) is 1. The van der Waals surface area contributed by atoms with Crippen LogP contribution in [0.4, 0.5) is 0 Å². The molecule has 1 aliphatic heterocycles. The SMILES string of the molecule is COC(=O)/C(C#N)=C(\NC[C@@H]1CCCN1Cc1ccccc1)C(=O)OC. The van der Waals surface area contributed by atoms with E-state index in [0.717, 1.165) is 33.0 Å². The van der Waals surface area contributed by atoms with Crippen LogP contribution in [0.2, 0.25) is 0 Å². The summed E-state index contributed by atoms with van der Waals surface area (Å²) in [4.78, 5) is 26.1. The number of rotatable bonds is 7. The summed E-state index contributed by atoms with van der Waals surface area (Å²) in [5, 5.41) is 12.1. The number of methoxy groups -OCH3 is 2. The molecule has 1 heterocycles. The average molecular weight is 357 g/mol. The summed E-state index contributed by atoms with van der Waals surface area (Å²) < 4.78 is 9.27. The van der Waals surface area contributed by atoms with Gasteiger partial charge in [-0.2, -0.15) is 5.26 Å². The molecule has 0 aliphatic carbocycles. The van der Waals surface area contributed by atoms with Gasteiger partial charge in [0.25, 0.3) is 0 Å². The van der Waals surface area contributed by atoms with Crippen molar-refractivity contribution >= 4 is 11.9 Å². The highest BCUT2D eigenvalue weighted by atomic mass is 16.5. The van der Waals surface area contributed by atoms with Crippen LogP contribution in [0.3, 0.4) is 0 Å². The highest BCUT2D eigenvalue weighted by Crippen LogP contribution is 2.20. The summed E-state index contributed by atoms with van der Waals surface area (Å²) in [5.41, 5.74) is 0.677. The molecule has 138 valence electrons. The van der Waals surface area contributed by atoms with Crippen molar-refractivity contribution in [2.45, 2.75) is 25.4 Å². The van der Waals surface area contributed by atoms with E-state index in [2.05, 4.69) is 27.1 Å². The van der Waals surface area contributed by atoms with Gasteiger partial charge in [0.15, 0.2) is 5.57 Å². The average Bonchev–Trinajstić information content (AvgIpc) is 3.11. The van der Waals surface area contributed by atoms with E-state index in [0.29, 0.717) is 6.54 Å². The standard InChI is InChI=1S/C19H23N3O4/c1-25-18(23)16(11-20)17(19(24)26-2)21-12-15-9-6-10-22(15)13-14-7-4-3-5-8-14/h3-5,7-8,15,21H,6,9-10,12-13H2,1-2H3/b17-16-/t15-/m0/s1. The van der Waals surface area contributed by atoms with E-state index < -0.39 is 11.9 Å². The number of esters is 2. The van der Waals surface area contributed by atoms with E-state index in [1.54, 1.807) is 6.07 Å². The summed E-state index contributed by atoms with van der Waals surface area (Å²) in [5.74, 6) is -1.63. The normalized spacial score (nSPS) is 17.8. The maximum absolute atomic E-state index is 12.0. The number of carbonyl (C=O) groups is 2. The first-order valence-corrected chi connectivity index (χ1v) is 8.43. The molecule has 1 atom stereocenters. The van der Waals surface area contributed by atoms with Gasteiger partial charge in [-0.15, -0.1) is 0 Å². The minimum atomic E-state index is -0.868. The van der Waals surface area contributed by atoms with Crippen molar-refractivity contribution < 1.29 is 19.1 Å². The van der Waals surface area contributed by atoms with Crippen molar-refractivity contribution in [3.8, 4) is 6.07 Å². The molecule has 7 heteroatoms. The van der Waals surface area contributed by atoms with Crippen LogP contribution < -0.4 is 5.32 Å². The second-order valence-electron chi connectivity index (χ2n) is 5.98. The predicted octanol–water partition coefficient (Wildman–Crippen LogP) is 1.36. The van der Waals surface area contributed by atoms with Gasteiger partial charge in [-0.05, 0) is 24.9 Å². The molecule has 1 aromatic carbocycles. The lowest BCUT2D eigenvalue weighted by molar-refractivity contribution is -0.139. The number of carbonyl (C=O) groups excluding carboxylic acids is 2. The summed E-state index contributed by atoms with van der Waals surface area (Å²) in [7, 11) is 2.36. The molecule has 1 saturated heterocycles. The second-order valence-corrected chi connectivity index (χ2v) is 5.98. The zero-order valence-corrected chi connectivity index (χ0v) is 15.0. The molecule has 1 fully saturated rings. The monoisotopic (exact) mass is 357 g/mol. The van der Waals surface area contributed by atoms with Crippen LogP contribution in [0.1, 0.15) is 18.4 Å². The molecule has 2 rings (SSSR count). The Kier molecular flexibility index (Phi) is 7.18. The molecule has 1 aromatic rings. The van der Waals surface area contributed by atoms with Gasteiger partial charge in [0.05, 0.1) is 14.2 Å². The minimum absolute atomic E-state index is 0.159. The highest BCUT2D eigenvalue weighted by molar-refractivity contribution is 6.02. The third-order valence-electron chi connectivity index (χ3n) is 4.38. The Labute approximate surface area is 153 Å². The van der Waals surface area contributed by atoms with Crippen molar-refractivity contribution in [1.29, 1.82) is 5.26 Å². The number of benzene rings is 1. The lowest BCUT2D eigenvalue weighted by Gasteiger charge is -2.25. The number of nitrogens with zero attached hydrogens (tertiary/aromatic N) is 2. The molecule has 0 unspecified atom stereocenters. The number of likely N-dealkylation sites (tertiary alicyclic amines) is 1. The summed E-state index contributed by atoms with van der Waals surface area (Å²) in [6, 6.07) is 12.1. The highest BCUT2D eigenvalue weighted by Gasteiger charge is 2.27. The van der Waals surface area contributed by atoms with Gasteiger partial charge in [0.2, 0.25) is 0 Å². The van der Waals surface area contributed by atoms with Gasteiger partial charge in [0, 0.05) is 19.1 Å². The molecule has 1 aliphatic rings. The molecular formula is C19H23N3O4. The van der Waals surface area contributed by atoms with Crippen molar-refractivity contribution in [2.24, 2.45) is 0 Å². The van der Waals surface area contributed by atoms with E-state index in [1.165, 1.54) is 12.7 Å². The van der Waals surface area contributed by atoms with Crippen molar-refractivity contribution in [3.05, 3.63) is 47.2 Å². The number of nitriles is 1. The van der Waals surface area contributed by atoms with Crippen LogP contribution >= 0.6 is 0 Å². The Morgan fingerprint density at radius 3 is 2.54 bits per heavy atom. The third-order valence-corrected chi connectivity index (χ3v) is 4.38. The topological polar surface area (TPSA) is 91.7 Å². The van der Waals surface area contributed by atoms with Gasteiger partial charge in [-0.3, -0.25) is 4.90 Å². The summed E-state index contributed by atoms with van der Waals surface area (Å²) in [6.45, 7) is 2.20. The predicted molar refractivity (Wildman–Crippen MR) is 94.5 cm³/mol. The molecule has 26 heavy (non-hydrogen) atoms. The van der Waals surface area contributed by atoms with E-state index in [9.17, 15) is 14.9 Å². The number of hydrogen-bond acceptors (Lipinski definition) is 7. The Balaban J connectivity index is 2.10. The van der Waals surface area contributed by atoms with Crippen molar-refractivity contribution in [3.63, 3.8) is 0 Å². The van der Waals surface area contributed by atoms with Gasteiger partial charge in [-0.1, -0.05) is 30.3 Å². The number of hydrogen-bond donors (Lipinski definition) is 1. The molecule has 0 spiro atoms. The van der Waals surface area contributed by atoms with Crippen LogP contribution in [0.25, 0.3) is 0 Å². The Hall–Kier alpha value is -2.85. The second kappa shape index (κ2) is 9.59. The van der Waals surface area contributed by atoms with Crippen LogP contribution in [-0.2, 0) is 25.6 Å². The smallest absolute Gasteiger partial charge is 0.355 e. The van der Waals surface area contributed by atoms with Crippen LogP contribution in [0, 0.1) is 11.3 Å². The Morgan fingerprint density at radius 1 is 1.23 bits per heavy atom. The maximum atomic E-state index is 12.0. The quantitative estimate of drug-likeness (QED) is 0.447. The molecule has 0 bridgehead atoms. The molecule has 0 saturated carbocycles. The first-order chi connectivity index (χ1) is 12.6. The molecule has 0 amide bonds. The van der Waals surface area contributed by atoms with Crippen LogP contribution in [0.15, 0.2) is 41.6 Å². The third kappa shape index (κ3) is 4.83. The summed E-state index contributed by atoms with van der Waals surface area (Å²) >= 11 is 0. The fraction of sp³-hybridized carbons (Fsp3) is 0.421. The van der Waals surface area contributed by atoms with Crippen molar-refractivity contribution in [2.75, 3.05) is 27.3 Å².